The molecule has 0 rings (SSSR count). The summed E-state index contributed by atoms with van der Waals surface area (Å²) in [7, 11) is 8.94. The van der Waals surface area contributed by atoms with E-state index in [0.29, 0.717) is 0 Å². The average molecular weight is 238 g/mol. The topological polar surface area (TPSA) is 60.0 Å². The van der Waals surface area contributed by atoms with Gasteiger partial charge in [-0.05, 0) is 27.7 Å². The van der Waals surface area contributed by atoms with Gasteiger partial charge in [0.1, 0.15) is 0 Å². The molecule has 0 aromatic rings. The summed E-state index contributed by atoms with van der Waals surface area (Å²) in [6.45, 7) is 13.8. The molecule has 0 heterocycles. The van der Waals surface area contributed by atoms with Crippen molar-refractivity contribution in [3.63, 3.8) is 0 Å². The molecule has 2 N–H and O–H groups in total. The summed E-state index contributed by atoms with van der Waals surface area (Å²) in [5.74, 6) is 0. The van der Waals surface area contributed by atoms with E-state index in [0.717, 1.165) is 8.97 Å². The van der Waals surface area contributed by atoms with Crippen molar-refractivity contribution in [3.05, 3.63) is 0 Å². The summed E-state index contributed by atoms with van der Waals surface area (Å²) < 4.78 is 2.28. The van der Waals surface area contributed by atoms with Gasteiger partial charge in [-0.25, -0.2) is 0 Å². The first-order valence-electron chi connectivity index (χ1n) is 5.88. The molecule has 0 saturated carbocycles. The Morgan fingerprint density at radius 2 is 0.625 bits per heavy atom. The number of hydrogen-bond donors (Lipinski definition) is 0. The Balaban J connectivity index is -0.0000000800. The fourth-order valence-corrected chi connectivity index (χ4v) is 0.447. The molecule has 0 fully saturated rings. The molecule has 104 valence electrons. The molecular weight excluding hydrogens is 204 g/mol. The van der Waals surface area contributed by atoms with Gasteiger partial charge in [-0.1, -0.05) is 0 Å². The average Bonchev–Trinajstić information content (AvgIpc) is 2.19. The van der Waals surface area contributed by atoms with Crippen LogP contribution < -0.4 is 0 Å². The monoisotopic (exact) mass is 238 g/mol. The lowest BCUT2D eigenvalue weighted by molar-refractivity contribution is -0.886. The molecule has 0 unspecified atom stereocenters. The highest BCUT2D eigenvalue weighted by Crippen LogP contribution is 1.92. The third-order valence-corrected chi connectivity index (χ3v) is 3.42. The first-order valence-corrected chi connectivity index (χ1v) is 5.88. The van der Waals surface area contributed by atoms with Gasteiger partial charge >= 0.3 is 0 Å². The molecule has 0 radical (unpaired) electrons. The van der Waals surface area contributed by atoms with Gasteiger partial charge in [0, 0.05) is 0 Å². The summed E-state index contributed by atoms with van der Waals surface area (Å²) >= 11 is 0. The Morgan fingerprint density at radius 1 is 0.500 bits per heavy atom. The van der Waals surface area contributed by atoms with Crippen LogP contribution in [0.3, 0.4) is 0 Å². The van der Waals surface area contributed by atoms with E-state index in [-0.39, 0.29) is 11.0 Å². The van der Waals surface area contributed by atoms with Crippen molar-refractivity contribution in [2.45, 2.75) is 27.7 Å². The lowest BCUT2D eigenvalue weighted by atomic mass is 10.5. The van der Waals surface area contributed by atoms with Crippen LogP contribution in [-0.2, 0) is 0 Å². The van der Waals surface area contributed by atoms with E-state index < -0.39 is 0 Å². The highest BCUT2D eigenvalue weighted by molar-refractivity contribution is 4.17. The number of hydrogen-bond acceptors (Lipinski definition) is 2. The Morgan fingerprint density at radius 3 is 0.625 bits per heavy atom. The second-order valence-corrected chi connectivity index (χ2v) is 5.14. The molecule has 0 aromatic heterocycles. The van der Waals surface area contributed by atoms with Gasteiger partial charge in [-0.2, -0.15) is 0 Å². The Kier molecular flexibility index (Phi) is 17.6. The van der Waals surface area contributed by atoms with Crippen molar-refractivity contribution in [2.75, 3.05) is 54.4 Å². The summed E-state index contributed by atoms with van der Waals surface area (Å²) in [5, 5.41) is 0. The quantitative estimate of drug-likeness (QED) is 0.702. The molecule has 0 amide bonds. The SMILES string of the molecule is CC[N+](C)(C)CC.CC[N+](C)(C)CC.[OH-].[OH-]. The van der Waals surface area contributed by atoms with Gasteiger partial charge in [0.25, 0.3) is 0 Å². The second-order valence-electron chi connectivity index (χ2n) is 5.14. The molecule has 0 saturated heterocycles. The summed E-state index contributed by atoms with van der Waals surface area (Å²) in [6.07, 6.45) is 0. The maximum atomic E-state index is 2.24. The zero-order valence-corrected chi connectivity index (χ0v) is 12.6. The zero-order chi connectivity index (χ0) is 11.8. The standard InChI is InChI=1S/2C6H16N.2H2O/c2*1-5-7(3,4)6-2;;/h2*5-6H2,1-4H3;2*1H2/q2*+1;;/p-2. The van der Waals surface area contributed by atoms with Crippen molar-refractivity contribution in [2.24, 2.45) is 0 Å². The van der Waals surface area contributed by atoms with Gasteiger partial charge in [0.15, 0.2) is 0 Å². The highest BCUT2D eigenvalue weighted by atomic mass is 16.0. The minimum atomic E-state index is 0. The third kappa shape index (κ3) is 16.3. The van der Waals surface area contributed by atoms with E-state index in [1.165, 1.54) is 26.2 Å². The van der Waals surface area contributed by atoms with E-state index >= 15 is 0 Å². The van der Waals surface area contributed by atoms with Crippen LogP contribution >= 0.6 is 0 Å². The van der Waals surface area contributed by atoms with E-state index in [1.54, 1.807) is 0 Å². The maximum absolute atomic E-state index is 2.24. The Hall–Kier alpha value is -0.160. The normalized spacial score (nSPS) is 10.5. The highest BCUT2D eigenvalue weighted by Gasteiger charge is 2.05. The Labute approximate surface area is 103 Å². The summed E-state index contributed by atoms with van der Waals surface area (Å²) in [4.78, 5) is 0. The number of rotatable bonds is 4. The maximum Gasteiger partial charge on any atom is 0.0753 e. The van der Waals surface area contributed by atoms with Crippen LogP contribution in [0.15, 0.2) is 0 Å². The lowest BCUT2D eigenvalue weighted by Gasteiger charge is -2.25. The molecule has 0 bridgehead atoms. The molecule has 0 aliphatic carbocycles. The number of nitrogens with zero attached hydrogens (tertiary/aromatic N) is 2. The lowest BCUT2D eigenvalue weighted by Crippen LogP contribution is -2.38. The molecule has 0 spiro atoms. The van der Waals surface area contributed by atoms with Crippen LogP contribution in [0.25, 0.3) is 0 Å². The third-order valence-electron chi connectivity index (χ3n) is 3.42. The second kappa shape index (κ2) is 11.3. The van der Waals surface area contributed by atoms with Crippen LogP contribution in [0.4, 0.5) is 0 Å². The van der Waals surface area contributed by atoms with Crippen LogP contribution in [0.5, 0.6) is 0 Å². The molecule has 0 atom stereocenters. The minimum Gasteiger partial charge on any atom is -0.870 e. The summed E-state index contributed by atoms with van der Waals surface area (Å²) in [5.41, 5.74) is 0. The van der Waals surface area contributed by atoms with Crippen molar-refractivity contribution in [3.8, 4) is 0 Å². The van der Waals surface area contributed by atoms with Crippen molar-refractivity contribution < 1.29 is 19.9 Å². The van der Waals surface area contributed by atoms with Crippen LogP contribution in [0.2, 0.25) is 0 Å². The zero-order valence-electron chi connectivity index (χ0n) is 12.6. The first-order chi connectivity index (χ1) is 6.24. The molecule has 0 aliphatic heterocycles. The van der Waals surface area contributed by atoms with Crippen molar-refractivity contribution >= 4 is 0 Å². The van der Waals surface area contributed by atoms with E-state index in [9.17, 15) is 0 Å². The van der Waals surface area contributed by atoms with Crippen LogP contribution in [0, 0.1) is 0 Å². The molecule has 0 aromatic carbocycles. The Bertz CT molecular complexity index is 109. The molecule has 4 nitrogen and oxygen atoms in total. The minimum absolute atomic E-state index is 0. The van der Waals surface area contributed by atoms with Gasteiger partial charge in [-0.15, -0.1) is 0 Å². The van der Waals surface area contributed by atoms with Crippen molar-refractivity contribution in [1.82, 2.24) is 0 Å². The van der Waals surface area contributed by atoms with Gasteiger partial charge in [-0.3, -0.25) is 0 Å². The van der Waals surface area contributed by atoms with E-state index in [4.69, 9.17) is 0 Å². The largest absolute Gasteiger partial charge is 0.870 e. The van der Waals surface area contributed by atoms with Crippen LogP contribution in [0.1, 0.15) is 27.7 Å². The van der Waals surface area contributed by atoms with Crippen molar-refractivity contribution in [1.29, 1.82) is 0 Å². The first kappa shape index (κ1) is 24.9. The summed E-state index contributed by atoms with van der Waals surface area (Å²) in [6, 6.07) is 0. The fraction of sp³-hybridized carbons (Fsp3) is 1.00. The smallest absolute Gasteiger partial charge is 0.0753 e. The molecule has 4 heteroatoms. The van der Waals surface area contributed by atoms with E-state index in [2.05, 4.69) is 55.9 Å². The molecule has 16 heavy (non-hydrogen) atoms. The van der Waals surface area contributed by atoms with E-state index in [1.807, 2.05) is 0 Å². The number of quaternary nitrogens is 2. The molecular formula is C12H34N2O2. The van der Waals surface area contributed by atoms with Gasteiger partial charge < -0.3 is 19.9 Å². The fourth-order valence-electron chi connectivity index (χ4n) is 0.447. The van der Waals surface area contributed by atoms with Gasteiger partial charge in [0.05, 0.1) is 54.4 Å². The predicted octanol–water partition coefficient (Wildman–Crippen LogP) is 1.85. The predicted molar refractivity (Wildman–Crippen MR) is 70.3 cm³/mol. The van der Waals surface area contributed by atoms with Gasteiger partial charge in [0.2, 0.25) is 0 Å². The molecule has 0 aliphatic rings. The van der Waals surface area contributed by atoms with Crippen LogP contribution in [-0.4, -0.2) is 74.3 Å².